The second-order valence-corrected chi connectivity index (χ2v) is 5.46. The van der Waals surface area contributed by atoms with E-state index >= 15 is 0 Å². The largest absolute Gasteiger partial charge is 0.383 e. The topological polar surface area (TPSA) is 59.2 Å². The van der Waals surface area contributed by atoms with Gasteiger partial charge >= 0.3 is 0 Å². The van der Waals surface area contributed by atoms with Gasteiger partial charge in [0.25, 0.3) is 5.91 Å². The molecular formula is C15H22FN3O. The van der Waals surface area contributed by atoms with Gasteiger partial charge in [-0.1, -0.05) is 19.8 Å². The van der Waals surface area contributed by atoms with Gasteiger partial charge in [-0.2, -0.15) is 0 Å². The highest BCUT2D eigenvalue weighted by molar-refractivity contribution is 5.98. The first-order valence-corrected chi connectivity index (χ1v) is 7.32. The Morgan fingerprint density at radius 2 is 2.30 bits per heavy atom. The second-order valence-electron chi connectivity index (χ2n) is 5.46. The molecule has 2 heterocycles. The molecule has 5 heteroatoms. The monoisotopic (exact) mass is 279 g/mol. The third-order valence-electron chi connectivity index (χ3n) is 3.95. The summed E-state index contributed by atoms with van der Waals surface area (Å²) in [5, 5.41) is 0. The Labute approximate surface area is 119 Å². The van der Waals surface area contributed by atoms with Gasteiger partial charge in [0, 0.05) is 13.1 Å². The maximum absolute atomic E-state index is 13.2. The van der Waals surface area contributed by atoms with E-state index in [4.69, 9.17) is 5.73 Å². The van der Waals surface area contributed by atoms with E-state index in [0.717, 1.165) is 38.5 Å². The maximum Gasteiger partial charge on any atom is 0.257 e. The van der Waals surface area contributed by atoms with E-state index in [0.29, 0.717) is 5.92 Å². The van der Waals surface area contributed by atoms with Crippen LogP contribution in [0.3, 0.4) is 0 Å². The smallest absolute Gasteiger partial charge is 0.257 e. The van der Waals surface area contributed by atoms with Crippen LogP contribution in [0.15, 0.2) is 12.3 Å². The summed E-state index contributed by atoms with van der Waals surface area (Å²) in [5.74, 6) is 0.0689. The zero-order chi connectivity index (χ0) is 14.5. The first kappa shape index (κ1) is 14.8. The maximum atomic E-state index is 13.2. The number of hydrogen-bond acceptors (Lipinski definition) is 3. The SMILES string of the molecule is CCCC1CCCN(C(=O)c2cc(F)cnc2N)CC1. The summed E-state index contributed by atoms with van der Waals surface area (Å²) < 4.78 is 13.2. The van der Waals surface area contributed by atoms with Crippen LogP contribution in [0.2, 0.25) is 0 Å². The van der Waals surface area contributed by atoms with Gasteiger partial charge in [-0.25, -0.2) is 9.37 Å². The van der Waals surface area contributed by atoms with Gasteiger partial charge in [0.15, 0.2) is 0 Å². The third kappa shape index (κ3) is 3.46. The Balaban J connectivity index is 2.07. The van der Waals surface area contributed by atoms with Crippen LogP contribution in [-0.2, 0) is 0 Å². The number of carbonyl (C=O) groups is 1. The molecule has 1 aromatic rings. The molecule has 1 atom stereocenters. The minimum absolute atomic E-state index is 0.103. The van der Waals surface area contributed by atoms with Gasteiger partial charge in [-0.3, -0.25) is 4.79 Å². The number of anilines is 1. The Morgan fingerprint density at radius 3 is 3.05 bits per heavy atom. The first-order chi connectivity index (χ1) is 9.61. The lowest BCUT2D eigenvalue weighted by Gasteiger charge is -2.21. The number of amides is 1. The van der Waals surface area contributed by atoms with Crippen molar-refractivity contribution in [3.8, 4) is 0 Å². The van der Waals surface area contributed by atoms with E-state index in [1.165, 1.54) is 18.9 Å². The van der Waals surface area contributed by atoms with Crippen LogP contribution < -0.4 is 5.73 Å². The first-order valence-electron chi connectivity index (χ1n) is 7.32. The van der Waals surface area contributed by atoms with Crippen molar-refractivity contribution in [2.75, 3.05) is 18.8 Å². The molecule has 2 rings (SSSR count). The highest BCUT2D eigenvalue weighted by atomic mass is 19.1. The molecule has 1 saturated heterocycles. The van der Waals surface area contributed by atoms with Gasteiger partial charge in [0.2, 0.25) is 0 Å². The second kappa shape index (κ2) is 6.68. The van der Waals surface area contributed by atoms with Crippen molar-refractivity contribution in [1.29, 1.82) is 0 Å². The Kier molecular flexibility index (Phi) is 4.93. The molecule has 2 N–H and O–H groups in total. The van der Waals surface area contributed by atoms with Crippen molar-refractivity contribution in [2.24, 2.45) is 5.92 Å². The van der Waals surface area contributed by atoms with Gasteiger partial charge in [0.05, 0.1) is 11.8 Å². The van der Waals surface area contributed by atoms with Gasteiger partial charge in [-0.15, -0.1) is 0 Å². The van der Waals surface area contributed by atoms with E-state index in [2.05, 4.69) is 11.9 Å². The highest BCUT2D eigenvalue weighted by Gasteiger charge is 2.23. The fraction of sp³-hybridized carbons (Fsp3) is 0.600. The van der Waals surface area contributed by atoms with Crippen molar-refractivity contribution in [1.82, 2.24) is 9.88 Å². The molecule has 1 unspecified atom stereocenters. The number of halogens is 1. The number of nitrogen functional groups attached to an aromatic ring is 1. The van der Waals surface area contributed by atoms with Crippen LogP contribution in [0.25, 0.3) is 0 Å². The number of likely N-dealkylation sites (tertiary alicyclic amines) is 1. The molecule has 0 spiro atoms. The van der Waals surface area contributed by atoms with Crippen molar-refractivity contribution >= 4 is 11.7 Å². The lowest BCUT2D eigenvalue weighted by molar-refractivity contribution is 0.0760. The zero-order valence-corrected chi connectivity index (χ0v) is 11.9. The molecule has 0 radical (unpaired) electrons. The van der Waals surface area contributed by atoms with E-state index in [1.807, 2.05) is 0 Å². The Bertz CT molecular complexity index is 478. The van der Waals surface area contributed by atoms with Crippen LogP contribution >= 0.6 is 0 Å². The predicted octanol–water partition coefficient (Wildman–Crippen LogP) is 2.85. The number of hydrogen-bond donors (Lipinski definition) is 1. The molecule has 1 aliphatic heterocycles. The fourth-order valence-electron chi connectivity index (χ4n) is 2.86. The molecule has 1 aliphatic rings. The normalized spacial score (nSPS) is 19.7. The lowest BCUT2D eigenvalue weighted by Crippen LogP contribution is -2.32. The molecule has 0 aromatic carbocycles. The minimum Gasteiger partial charge on any atom is -0.383 e. The Morgan fingerprint density at radius 1 is 1.50 bits per heavy atom. The third-order valence-corrected chi connectivity index (χ3v) is 3.95. The van der Waals surface area contributed by atoms with Crippen LogP contribution in [0.5, 0.6) is 0 Å². The van der Waals surface area contributed by atoms with E-state index in [1.54, 1.807) is 4.90 Å². The highest BCUT2D eigenvalue weighted by Crippen LogP contribution is 2.23. The summed E-state index contributed by atoms with van der Waals surface area (Å²) in [7, 11) is 0. The average Bonchev–Trinajstić information content (AvgIpc) is 2.67. The van der Waals surface area contributed by atoms with Crippen LogP contribution in [0, 0.1) is 11.7 Å². The van der Waals surface area contributed by atoms with Crippen LogP contribution in [0.4, 0.5) is 10.2 Å². The van der Waals surface area contributed by atoms with E-state index in [9.17, 15) is 9.18 Å². The van der Waals surface area contributed by atoms with Crippen molar-refractivity contribution < 1.29 is 9.18 Å². The number of rotatable bonds is 3. The molecule has 0 bridgehead atoms. The van der Waals surface area contributed by atoms with Gasteiger partial charge in [-0.05, 0) is 31.2 Å². The number of carbonyl (C=O) groups excluding carboxylic acids is 1. The van der Waals surface area contributed by atoms with Crippen molar-refractivity contribution in [2.45, 2.75) is 39.0 Å². The van der Waals surface area contributed by atoms with Gasteiger partial charge < -0.3 is 10.6 Å². The van der Waals surface area contributed by atoms with E-state index in [-0.39, 0.29) is 17.3 Å². The average molecular weight is 279 g/mol. The summed E-state index contributed by atoms with van der Waals surface area (Å²) in [4.78, 5) is 17.9. The van der Waals surface area contributed by atoms with Crippen molar-refractivity contribution in [3.63, 3.8) is 0 Å². The van der Waals surface area contributed by atoms with Crippen molar-refractivity contribution in [3.05, 3.63) is 23.6 Å². The number of nitrogens with two attached hydrogens (primary N) is 1. The molecule has 1 aromatic heterocycles. The summed E-state index contributed by atoms with van der Waals surface area (Å²) in [6.45, 7) is 3.63. The summed E-state index contributed by atoms with van der Waals surface area (Å²) in [6, 6.07) is 1.18. The molecule has 1 fully saturated rings. The minimum atomic E-state index is -0.527. The van der Waals surface area contributed by atoms with Gasteiger partial charge in [0.1, 0.15) is 11.6 Å². The summed E-state index contributed by atoms with van der Waals surface area (Å²) >= 11 is 0. The van der Waals surface area contributed by atoms with Crippen LogP contribution in [-0.4, -0.2) is 28.9 Å². The standard InChI is InChI=1S/C15H22FN3O/c1-2-4-11-5-3-7-19(8-6-11)15(20)13-9-12(16)10-18-14(13)17/h9-11H,2-8H2,1H3,(H2,17,18). The molecule has 0 saturated carbocycles. The quantitative estimate of drug-likeness (QED) is 0.925. The zero-order valence-electron chi connectivity index (χ0n) is 11.9. The van der Waals surface area contributed by atoms with Crippen LogP contribution in [0.1, 0.15) is 49.4 Å². The fourth-order valence-corrected chi connectivity index (χ4v) is 2.86. The molecule has 0 aliphatic carbocycles. The predicted molar refractivity (Wildman–Crippen MR) is 76.8 cm³/mol. The summed E-state index contributed by atoms with van der Waals surface area (Å²) in [6.07, 6.45) is 6.60. The number of pyridine rings is 1. The summed E-state index contributed by atoms with van der Waals surface area (Å²) in [5.41, 5.74) is 5.87. The molecule has 1 amide bonds. The lowest BCUT2D eigenvalue weighted by atomic mass is 9.96. The molecule has 20 heavy (non-hydrogen) atoms. The molecule has 4 nitrogen and oxygen atoms in total. The molecular weight excluding hydrogens is 257 g/mol. The number of nitrogens with zero attached hydrogens (tertiary/aromatic N) is 2. The number of aromatic nitrogens is 1. The van der Waals surface area contributed by atoms with E-state index < -0.39 is 5.82 Å². The Hall–Kier alpha value is -1.65. The molecule has 110 valence electrons.